The van der Waals surface area contributed by atoms with Crippen LogP contribution in [0.2, 0.25) is 5.02 Å². The molecule has 144 valence electrons. The maximum Gasteiger partial charge on any atom is 0.260 e. The summed E-state index contributed by atoms with van der Waals surface area (Å²) in [4.78, 5) is 14.8. The van der Waals surface area contributed by atoms with Crippen molar-refractivity contribution >= 4 is 33.2 Å². The minimum absolute atomic E-state index is 0.0560. The van der Waals surface area contributed by atoms with Gasteiger partial charge in [-0.3, -0.25) is 4.79 Å². The van der Waals surface area contributed by atoms with Gasteiger partial charge in [-0.2, -0.15) is 4.31 Å². The van der Waals surface area contributed by atoms with Crippen molar-refractivity contribution in [2.75, 3.05) is 31.1 Å². The lowest BCUT2D eigenvalue weighted by atomic mass is 10.1. The first-order valence-corrected chi connectivity index (χ1v) is 10.5. The topological polar surface area (TPSA) is 66.9 Å². The summed E-state index contributed by atoms with van der Waals surface area (Å²) in [5.41, 5.74) is 0.795. The van der Waals surface area contributed by atoms with E-state index in [2.05, 4.69) is 0 Å². The summed E-state index contributed by atoms with van der Waals surface area (Å²) in [5, 5.41) is 0.211. The molecule has 1 aliphatic rings. The first-order valence-electron chi connectivity index (χ1n) is 8.73. The number of sulfonamides is 1. The van der Waals surface area contributed by atoms with Crippen LogP contribution in [0, 0.1) is 0 Å². The van der Waals surface area contributed by atoms with Gasteiger partial charge >= 0.3 is 0 Å². The van der Waals surface area contributed by atoms with E-state index in [-0.39, 0.29) is 21.4 Å². The highest BCUT2D eigenvalue weighted by Gasteiger charge is 2.28. The van der Waals surface area contributed by atoms with Crippen molar-refractivity contribution in [2.45, 2.75) is 18.7 Å². The Balaban J connectivity index is 2.02. The number of hydrogen-bond donors (Lipinski definition) is 0. The van der Waals surface area contributed by atoms with Crippen LogP contribution in [0.4, 0.5) is 5.69 Å². The number of nitrogens with zero attached hydrogens (tertiary/aromatic N) is 2. The monoisotopic (exact) mass is 408 g/mol. The molecule has 0 N–H and O–H groups in total. The molecule has 1 aliphatic heterocycles. The highest BCUT2D eigenvalue weighted by Crippen LogP contribution is 2.33. The van der Waals surface area contributed by atoms with Gasteiger partial charge in [-0.25, -0.2) is 8.42 Å². The van der Waals surface area contributed by atoms with Crippen LogP contribution in [0.15, 0.2) is 47.4 Å². The molecule has 0 bridgehead atoms. The van der Waals surface area contributed by atoms with E-state index in [4.69, 9.17) is 16.3 Å². The zero-order valence-electron chi connectivity index (χ0n) is 15.2. The Bertz CT molecular complexity index is 958. The fourth-order valence-electron chi connectivity index (χ4n) is 3.07. The first-order chi connectivity index (χ1) is 12.9. The molecular weight excluding hydrogens is 388 g/mol. The third kappa shape index (κ3) is 3.67. The number of benzene rings is 2. The van der Waals surface area contributed by atoms with Crippen LogP contribution in [0.1, 0.15) is 24.2 Å². The zero-order chi connectivity index (χ0) is 19.6. The van der Waals surface area contributed by atoms with Gasteiger partial charge in [0.25, 0.3) is 5.91 Å². The van der Waals surface area contributed by atoms with Crippen LogP contribution in [-0.2, 0) is 10.0 Å². The second-order valence-electron chi connectivity index (χ2n) is 6.00. The van der Waals surface area contributed by atoms with Crippen molar-refractivity contribution in [1.29, 1.82) is 0 Å². The number of rotatable bonds is 5. The van der Waals surface area contributed by atoms with E-state index in [9.17, 15) is 13.2 Å². The van der Waals surface area contributed by atoms with Gasteiger partial charge in [0.2, 0.25) is 10.0 Å². The van der Waals surface area contributed by atoms with Crippen molar-refractivity contribution in [1.82, 2.24) is 4.31 Å². The third-order valence-corrected chi connectivity index (χ3v) is 6.86. The molecule has 0 fully saturated rings. The summed E-state index contributed by atoms with van der Waals surface area (Å²) in [6, 6.07) is 11.5. The summed E-state index contributed by atoms with van der Waals surface area (Å²) >= 11 is 6.25. The fourth-order valence-corrected chi connectivity index (χ4v) is 4.75. The zero-order valence-corrected chi connectivity index (χ0v) is 16.8. The molecule has 0 spiro atoms. The number of carbonyl (C=O) groups is 1. The Labute approximate surface area is 164 Å². The molecule has 0 atom stereocenters. The van der Waals surface area contributed by atoms with Crippen LogP contribution >= 0.6 is 11.6 Å². The lowest BCUT2D eigenvalue weighted by Crippen LogP contribution is -2.38. The second-order valence-corrected chi connectivity index (χ2v) is 8.35. The molecule has 0 aromatic heterocycles. The minimum atomic E-state index is -3.69. The van der Waals surface area contributed by atoms with Gasteiger partial charge in [0, 0.05) is 13.1 Å². The Morgan fingerprint density at radius 1 is 1.19 bits per heavy atom. The molecule has 1 amide bonds. The number of ether oxygens (including phenoxy) is 1. The highest BCUT2D eigenvalue weighted by atomic mass is 35.5. The Morgan fingerprint density at radius 2 is 1.89 bits per heavy atom. The van der Waals surface area contributed by atoms with Crippen molar-refractivity contribution in [2.24, 2.45) is 0 Å². The quantitative estimate of drug-likeness (QED) is 0.760. The second kappa shape index (κ2) is 7.88. The molecule has 1 heterocycles. The number of hydrogen-bond acceptors (Lipinski definition) is 4. The van der Waals surface area contributed by atoms with Gasteiger partial charge in [-0.15, -0.1) is 0 Å². The van der Waals surface area contributed by atoms with Crippen molar-refractivity contribution in [3.63, 3.8) is 0 Å². The number of amides is 1. The average molecular weight is 409 g/mol. The number of anilines is 1. The van der Waals surface area contributed by atoms with E-state index >= 15 is 0 Å². The maximum atomic E-state index is 13.1. The summed E-state index contributed by atoms with van der Waals surface area (Å²) in [6.07, 6.45) is 0. The lowest BCUT2D eigenvalue weighted by molar-refractivity contribution is 0.0976. The summed E-state index contributed by atoms with van der Waals surface area (Å²) in [7, 11) is -3.69. The average Bonchev–Trinajstić information content (AvgIpc) is 2.68. The van der Waals surface area contributed by atoms with Crippen molar-refractivity contribution in [3.05, 3.63) is 53.1 Å². The summed E-state index contributed by atoms with van der Waals surface area (Å²) < 4.78 is 32.5. The van der Waals surface area contributed by atoms with E-state index in [1.54, 1.807) is 30.9 Å². The smallest absolute Gasteiger partial charge is 0.260 e. The van der Waals surface area contributed by atoms with Crippen LogP contribution < -0.4 is 9.64 Å². The molecule has 0 saturated carbocycles. The number of fused-ring (bicyclic) bond motifs is 1. The van der Waals surface area contributed by atoms with Gasteiger partial charge < -0.3 is 9.64 Å². The molecule has 2 aromatic carbocycles. The standard InChI is InChI=1S/C19H21ClN2O4S/c1-3-21(4-2)27(24,25)14-9-10-16(20)15(13-14)19(23)22-11-12-26-18-8-6-5-7-17(18)22/h5-10,13H,3-4,11-12H2,1-2H3. The first kappa shape index (κ1) is 19.7. The minimum Gasteiger partial charge on any atom is -0.490 e. The van der Waals surface area contributed by atoms with Gasteiger partial charge in [-0.05, 0) is 30.3 Å². The predicted molar refractivity (Wildman–Crippen MR) is 105 cm³/mol. The van der Waals surface area contributed by atoms with E-state index in [0.717, 1.165) is 0 Å². The molecule has 3 rings (SSSR count). The SMILES string of the molecule is CCN(CC)S(=O)(=O)c1ccc(Cl)c(C(=O)N2CCOc3ccccc32)c1. The van der Waals surface area contributed by atoms with E-state index in [1.165, 1.54) is 22.5 Å². The molecule has 0 unspecified atom stereocenters. The van der Waals surface area contributed by atoms with Gasteiger partial charge in [0.15, 0.2) is 0 Å². The Hall–Kier alpha value is -2.09. The predicted octanol–water partition coefficient (Wildman–Crippen LogP) is 3.41. The van der Waals surface area contributed by atoms with Gasteiger partial charge in [0.05, 0.1) is 27.7 Å². The van der Waals surface area contributed by atoms with Gasteiger partial charge in [-0.1, -0.05) is 37.6 Å². The molecule has 6 nitrogen and oxygen atoms in total. The fraction of sp³-hybridized carbons (Fsp3) is 0.316. The molecule has 27 heavy (non-hydrogen) atoms. The molecule has 0 saturated heterocycles. The van der Waals surface area contributed by atoms with E-state index in [1.807, 2.05) is 12.1 Å². The van der Waals surface area contributed by atoms with Gasteiger partial charge in [0.1, 0.15) is 12.4 Å². The number of carbonyl (C=O) groups excluding carboxylic acids is 1. The third-order valence-electron chi connectivity index (χ3n) is 4.49. The van der Waals surface area contributed by atoms with Crippen LogP contribution in [-0.4, -0.2) is 44.9 Å². The van der Waals surface area contributed by atoms with Crippen LogP contribution in [0.3, 0.4) is 0 Å². The maximum absolute atomic E-state index is 13.1. The number of halogens is 1. The lowest BCUT2D eigenvalue weighted by Gasteiger charge is -2.30. The van der Waals surface area contributed by atoms with Crippen molar-refractivity contribution in [3.8, 4) is 5.75 Å². The van der Waals surface area contributed by atoms with Crippen LogP contribution in [0.5, 0.6) is 5.75 Å². The van der Waals surface area contributed by atoms with Crippen molar-refractivity contribution < 1.29 is 17.9 Å². The normalized spacial score (nSPS) is 14.0. The molecule has 8 heteroatoms. The van der Waals surface area contributed by atoms with Crippen LogP contribution in [0.25, 0.3) is 0 Å². The molecule has 2 aromatic rings. The largest absolute Gasteiger partial charge is 0.490 e. The Kier molecular flexibility index (Phi) is 5.74. The summed E-state index contributed by atoms with van der Waals surface area (Å²) in [6.45, 7) is 4.96. The molecular formula is C19H21ClN2O4S. The number of para-hydroxylation sites is 2. The molecule has 0 aliphatic carbocycles. The highest BCUT2D eigenvalue weighted by molar-refractivity contribution is 7.89. The summed E-state index contributed by atoms with van der Waals surface area (Å²) in [5.74, 6) is 0.257. The van der Waals surface area contributed by atoms with E-state index < -0.39 is 10.0 Å². The van der Waals surface area contributed by atoms with E-state index in [0.29, 0.717) is 37.7 Å². The Morgan fingerprint density at radius 3 is 2.59 bits per heavy atom. The molecule has 0 radical (unpaired) electrons.